The predicted molar refractivity (Wildman–Crippen MR) is 73.0 cm³/mol. The van der Waals surface area contributed by atoms with Crippen LogP contribution in [0.5, 0.6) is 0 Å². The zero-order chi connectivity index (χ0) is 13.2. The van der Waals surface area contributed by atoms with Gasteiger partial charge in [-0.15, -0.1) is 12.4 Å². The van der Waals surface area contributed by atoms with Crippen molar-refractivity contribution in [3.63, 3.8) is 0 Å². The number of hydrogen-bond acceptors (Lipinski definition) is 3. The lowest BCUT2D eigenvalue weighted by molar-refractivity contribution is 0.0401. The minimum absolute atomic E-state index is 0. The molecule has 0 radical (unpaired) electrons. The van der Waals surface area contributed by atoms with Crippen LogP contribution in [-0.4, -0.2) is 22.3 Å². The van der Waals surface area contributed by atoms with Gasteiger partial charge in [-0.2, -0.15) is 0 Å². The first kappa shape index (κ1) is 16.9. The number of rotatable bonds is 3. The summed E-state index contributed by atoms with van der Waals surface area (Å²) in [6.45, 7) is 5.72. The van der Waals surface area contributed by atoms with Crippen LogP contribution in [0, 0.1) is 5.41 Å². The summed E-state index contributed by atoms with van der Waals surface area (Å²) in [4.78, 5) is 10.7. The second-order valence-corrected chi connectivity index (χ2v) is 5.26. The Kier molecular flexibility index (Phi) is 5.80. The van der Waals surface area contributed by atoms with Gasteiger partial charge in [0.25, 0.3) is 0 Å². The topological polar surface area (TPSA) is 83.5 Å². The third-order valence-corrected chi connectivity index (χ3v) is 2.77. The lowest BCUT2D eigenvalue weighted by atomic mass is 9.82. The second-order valence-electron chi connectivity index (χ2n) is 5.26. The van der Waals surface area contributed by atoms with Crippen LogP contribution in [-0.2, 0) is 0 Å². The first-order chi connectivity index (χ1) is 7.73. The van der Waals surface area contributed by atoms with Gasteiger partial charge in [-0.25, -0.2) is 4.79 Å². The molecule has 0 spiro atoms. The molecule has 0 heterocycles. The molecule has 0 bridgehead atoms. The number of halogens is 1. The smallest absolute Gasteiger partial charge is 0.335 e. The number of carbonyl (C=O) groups is 1. The Bertz CT molecular complexity index is 398. The molecule has 0 unspecified atom stereocenters. The number of aliphatic hydroxyl groups is 1. The Morgan fingerprint density at radius 2 is 1.67 bits per heavy atom. The highest BCUT2D eigenvalue weighted by Gasteiger charge is 2.28. The fourth-order valence-corrected chi connectivity index (χ4v) is 1.57. The molecule has 0 aliphatic rings. The van der Waals surface area contributed by atoms with Crippen molar-refractivity contribution in [3.8, 4) is 0 Å². The average molecular weight is 274 g/mol. The van der Waals surface area contributed by atoms with Gasteiger partial charge in [0.2, 0.25) is 0 Å². The van der Waals surface area contributed by atoms with E-state index in [1.807, 2.05) is 20.8 Å². The Labute approximate surface area is 113 Å². The number of nitrogens with two attached hydrogens (primary N) is 1. The minimum Gasteiger partial charge on any atom is -0.478 e. The zero-order valence-corrected chi connectivity index (χ0v) is 11.6. The molecule has 2 atom stereocenters. The van der Waals surface area contributed by atoms with Crippen LogP contribution in [0.2, 0.25) is 0 Å². The molecule has 0 aromatic heterocycles. The summed E-state index contributed by atoms with van der Waals surface area (Å²) in [6.07, 6.45) is -0.682. The fourth-order valence-electron chi connectivity index (χ4n) is 1.57. The first-order valence-electron chi connectivity index (χ1n) is 5.50. The van der Waals surface area contributed by atoms with Crippen LogP contribution in [0.3, 0.4) is 0 Å². The highest BCUT2D eigenvalue weighted by molar-refractivity contribution is 5.87. The van der Waals surface area contributed by atoms with Crippen molar-refractivity contribution in [2.24, 2.45) is 11.1 Å². The van der Waals surface area contributed by atoms with Crippen LogP contribution >= 0.6 is 12.4 Å². The van der Waals surface area contributed by atoms with Gasteiger partial charge < -0.3 is 15.9 Å². The van der Waals surface area contributed by atoms with E-state index in [2.05, 4.69) is 0 Å². The number of hydrogen-bond donors (Lipinski definition) is 3. The van der Waals surface area contributed by atoms with E-state index >= 15 is 0 Å². The predicted octanol–water partition coefficient (Wildman–Crippen LogP) is 2.21. The van der Waals surface area contributed by atoms with Crippen LogP contribution in [0.1, 0.15) is 42.7 Å². The lowest BCUT2D eigenvalue weighted by Crippen LogP contribution is -2.36. The van der Waals surface area contributed by atoms with Crippen molar-refractivity contribution in [2.45, 2.75) is 32.9 Å². The van der Waals surface area contributed by atoms with Crippen LogP contribution < -0.4 is 5.73 Å². The van der Waals surface area contributed by atoms with Gasteiger partial charge in [0, 0.05) is 0 Å². The van der Waals surface area contributed by atoms with Crippen LogP contribution in [0.4, 0.5) is 0 Å². The lowest BCUT2D eigenvalue weighted by Gasteiger charge is -2.31. The van der Waals surface area contributed by atoms with Crippen molar-refractivity contribution in [1.29, 1.82) is 0 Å². The van der Waals surface area contributed by atoms with Gasteiger partial charge in [-0.05, 0) is 23.1 Å². The standard InChI is InChI=1S/C13H19NO3.ClH/c1-13(2,3)11(15)10(14)8-4-6-9(7-5-8)12(16)17;/h4-7,10-11,15H,14H2,1-3H3,(H,16,17);1H/t10-,11-;/m0./s1. The molecule has 5 heteroatoms. The molecule has 0 amide bonds. The fraction of sp³-hybridized carbons (Fsp3) is 0.462. The summed E-state index contributed by atoms with van der Waals surface area (Å²) in [7, 11) is 0. The molecule has 0 saturated heterocycles. The molecule has 4 N–H and O–H groups in total. The monoisotopic (exact) mass is 273 g/mol. The molecule has 0 saturated carbocycles. The molecule has 1 aromatic rings. The number of carboxylic acid groups (broad SMARTS) is 1. The maximum atomic E-state index is 10.7. The Balaban J connectivity index is 0.00000289. The number of aliphatic hydroxyl groups excluding tert-OH is 1. The summed E-state index contributed by atoms with van der Waals surface area (Å²) in [6, 6.07) is 5.75. The highest BCUT2D eigenvalue weighted by atomic mass is 35.5. The van der Waals surface area contributed by atoms with Crippen molar-refractivity contribution in [1.82, 2.24) is 0 Å². The Hall–Kier alpha value is -1.10. The third-order valence-electron chi connectivity index (χ3n) is 2.77. The summed E-state index contributed by atoms with van der Waals surface area (Å²) in [5.74, 6) is -0.971. The van der Waals surface area contributed by atoms with Gasteiger partial charge in [0.15, 0.2) is 0 Å². The molecule has 0 fully saturated rings. The van der Waals surface area contributed by atoms with Crippen LogP contribution in [0.15, 0.2) is 24.3 Å². The number of aromatic carboxylic acids is 1. The van der Waals surface area contributed by atoms with E-state index < -0.39 is 18.1 Å². The van der Waals surface area contributed by atoms with Crippen molar-refractivity contribution in [3.05, 3.63) is 35.4 Å². The maximum absolute atomic E-state index is 10.7. The first-order valence-corrected chi connectivity index (χ1v) is 5.50. The molecule has 1 aromatic carbocycles. The molecule has 0 aliphatic heterocycles. The summed E-state index contributed by atoms with van der Waals surface area (Å²) in [5, 5.41) is 18.8. The molecule has 4 nitrogen and oxygen atoms in total. The zero-order valence-electron chi connectivity index (χ0n) is 10.8. The average Bonchev–Trinajstić information content (AvgIpc) is 2.26. The quantitative estimate of drug-likeness (QED) is 0.788. The maximum Gasteiger partial charge on any atom is 0.335 e. The highest BCUT2D eigenvalue weighted by Crippen LogP contribution is 2.28. The Morgan fingerprint density at radius 1 is 1.22 bits per heavy atom. The van der Waals surface area contributed by atoms with Gasteiger partial charge in [0.05, 0.1) is 17.7 Å². The van der Waals surface area contributed by atoms with Crippen molar-refractivity contribution < 1.29 is 15.0 Å². The van der Waals surface area contributed by atoms with E-state index in [0.717, 1.165) is 5.56 Å². The third kappa shape index (κ3) is 3.98. The molecule has 1 rings (SSSR count). The normalized spacial score (nSPS) is 14.5. The number of benzene rings is 1. The number of carboxylic acids is 1. The molecular formula is C13H20ClNO3. The van der Waals surface area contributed by atoms with Gasteiger partial charge in [-0.3, -0.25) is 0 Å². The van der Waals surface area contributed by atoms with Crippen LogP contribution in [0.25, 0.3) is 0 Å². The summed E-state index contributed by atoms with van der Waals surface area (Å²) < 4.78 is 0. The van der Waals surface area contributed by atoms with E-state index in [9.17, 15) is 9.90 Å². The van der Waals surface area contributed by atoms with Gasteiger partial charge >= 0.3 is 5.97 Å². The van der Waals surface area contributed by atoms with E-state index in [4.69, 9.17) is 10.8 Å². The minimum atomic E-state index is -0.971. The summed E-state index contributed by atoms with van der Waals surface area (Å²) in [5.41, 5.74) is 6.59. The van der Waals surface area contributed by atoms with Crippen molar-refractivity contribution in [2.75, 3.05) is 0 Å². The molecule has 18 heavy (non-hydrogen) atoms. The second kappa shape index (κ2) is 6.18. The Morgan fingerprint density at radius 3 is 2.00 bits per heavy atom. The molecule has 0 aliphatic carbocycles. The largest absolute Gasteiger partial charge is 0.478 e. The van der Waals surface area contributed by atoms with E-state index in [1.165, 1.54) is 12.1 Å². The van der Waals surface area contributed by atoms with Gasteiger partial charge in [-0.1, -0.05) is 32.9 Å². The van der Waals surface area contributed by atoms with Gasteiger partial charge in [0.1, 0.15) is 0 Å². The van der Waals surface area contributed by atoms with E-state index in [1.54, 1.807) is 12.1 Å². The SMILES string of the molecule is CC(C)(C)[C@@H](O)[C@@H](N)c1ccc(C(=O)O)cc1.Cl. The summed E-state index contributed by atoms with van der Waals surface area (Å²) >= 11 is 0. The van der Waals surface area contributed by atoms with E-state index in [0.29, 0.717) is 0 Å². The van der Waals surface area contributed by atoms with Crippen molar-refractivity contribution >= 4 is 18.4 Å². The van der Waals surface area contributed by atoms with E-state index in [-0.39, 0.29) is 23.4 Å². The molecular weight excluding hydrogens is 254 g/mol. The molecule has 102 valence electrons.